The Labute approximate surface area is 161 Å². The minimum absolute atomic E-state index is 0. The molecule has 0 aliphatic carbocycles. The standard InChI is InChI=1S/2C5H2F6O2.Co.2H2O/c2*6-4(7,8)2(12)1-3(13)5(9,10)11;;;/h2*1H2;;2*1H2/p+2. The molecular formula is C10H10CoF12O6+2. The predicted octanol–water partition coefficient (Wildman–Crippen LogP) is 2.83. The van der Waals surface area contributed by atoms with Crippen LogP contribution in [0.1, 0.15) is 12.8 Å². The zero-order valence-corrected chi connectivity index (χ0v) is 14.0. The molecule has 0 rings (SSSR count). The van der Waals surface area contributed by atoms with Crippen LogP contribution in [0.15, 0.2) is 0 Å². The Morgan fingerprint density at radius 1 is 0.414 bits per heavy atom. The number of halogens is 12. The van der Waals surface area contributed by atoms with Crippen molar-refractivity contribution in [1.82, 2.24) is 0 Å². The maximum Gasteiger partial charge on any atom is 0.505 e. The molecule has 0 aliphatic rings. The molecule has 29 heavy (non-hydrogen) atoms. The Morgan fingerprint density at radius 2 is 0.517 bits per heavy atom. The van der Waals surface area contributed by atoms with E-state index < -0.39 is 60.7 Å². The van der Waals surface area contributed by atoms with E-state index >= 15 is 0 Å². The van der Waals surface area contributed by atoms with Gasteiger partial charge in [-0.05, 0) is 0 Å². The van der Waals surface area contributed by atoms with Crippen LogP contribution in [0.5, 0.6) is 0 Å². The summed E-state index contributed by atoms with van der Waals surface area (Å²) in [6.45, 7) is 0. The maximum absolute atomic E-state index is 11.4. The number of ketones is 4. The molecule has 0 saturated carbocycles. The molecule has 0 spiro atoms. The van der Waals surface area contributed by atoms with Gasteiger partial charge in [0.25, 0.3) is 0 Å². The van der Waals surface area contributed by atoms with Crippen molar-refractivity contribution in [3.05, 3.63) is 0 Å². The van der Waals surface area contributed by atoms with E-state index in [2.05, 4.69) is 0 Å². The second-order valence-electron chi connectivity index (χ2n) is 4.13. The topological polar surface area (TPSA) is 146 Å². The summed E-state index contributed by atoms with van der Waals surface area (Å²) in [5, 5.41) is 0. The molecule has 0 aromatic rings. The Kier molecular flexibility index (Phi) is 16.7. The molecule has 177 valence electrons. The van der Waals surface area contributed by atoms with Crippen LogP contribution in [0.3, 0.4) is 0 Å². The van der Waals surface area contributed by atoms with Crippen LogP contribution in [0, 0.1) is 0 Å². The molecule has 0 atom stereocenters. The third-order valence-electron chi connectivity index (χ3n) is 1.98. The average Bonchev–Trinajstić information content (AvgIpc) is 2.34. The fourth-order valence-corrected chi connectivity index (χ4v) is 0.718. The van der Waals surface area contributed by atoms with Crippen LogP contribution >= 0.6 is 0 Å². The van der Waals surface area contributed by atoms with Gasteiger partial charge < -0.3 is 11.0 Å². The van der Waals surface area contributed by atoms with Gasteiger partial charge in [-0.25, -0.2) is 0 Å². The quantitative estimate of drug-likeness (QED) is 0.324. The Bertz CT molecular complexity index is 461. The Hall–Kier alpha value is -1.73. The van der Waals surface area contributed by atoms with Crippen molar-refractivity contribution in [2.24, 2.45) is 0 Å². The van der Waals surface area contributed by atoms with Crippen molar-refractivity contribution in [3.63, 3.8) is 0 Å². The number of hydrogen-bond donors (Lipinski definition) is 0. The summed E-state index contributed by atoms with van der Waals surface area (Å²) in [7, 11) is 0. The molecule has 0 aliphatic heterocycles. The van der Waals surface area contributed by atoms with Gasteiger partial charge in [0.2, 0.25) is 0 Å². The number of alkyl halides is 12. The van der Waals surface area contributed by atoms with Gasteiger partial charge in [0, 0.05) is 16.8 Å². The van der Waals surface area contributed by atoms with Gasteiger partial charge in [-0.2, -0.15) is 52.7 Å². The monoisotopic (exact) mass is 513 g/mol. The summed E-state index contributed by atoms with van der Waals surface area (Å²) < 4.78 is 137. The molecule has 0 bridgehead atoms. The average molecular weight is 513 g/mol. The molecule has 0 aromatic carbocycles. The van der Waals surface area contributed by atoms with Crippen molar-refractivity contribution >= 4 is 23.1 Å². The number of hydrogen-bond acceptors (Lipinski definition) is 2. The molecule has 0 fully saturated rings. The van der Waals surface area contributed by atoms with Gasteiger partial charge in [0.1, 0.15) is 0 Å². The van der Waals surface area contributed by atoms with Crippen LogP contribution in [0.4, 0.5) is 52.7 Å². The van der Waals surface area contributed by atoms with E-state index in [1.54, 1.807) is 0 Å². The van der Waals surface area contributed by atoms with Crippen molar-refractivity contribution in [2.45, 2.75) is 37.5 Å². The molecule has 6 N–H and O–H groups in total. The van der Waals surface area contributed by atoms with Crippen LogP contribution < -0.4 is 0 Å². The van der Waals surface area contributed by atoms with Gasteiger partial charge in [-0.15, -0.1) is 0 Å². The third-order valence-corrected chi connectivity index (χ3v) is 1.98. The zero-order valence-electron chi connectivity index (χ0n) is 13.0. The van der Waals surface area contributed by atoms with E-state index in [9.17, 15) is 52.7 Å². The second kappa shape index (κ2) is 12.7. The summed E-state index contributed by atoms with van der Waals surface area (Å²) in [4.78, 5) is 32.1. The molecule has 19 heteroatoms. The first-order valence-electron chi connectivity index (χ1n) is 5.58. The van der Waals surface area contributed by atoms with Gasteiger partial charge in [-0.1, -0.05) is 0 Å². The minimum atomic E-state index is -5.25. The van der Waals surface area contributed by atoms with Gasteiger partial charge in [0.05, 0.1) is 0 Å². The predicted molar refractivity (Wildman–Crippen MR) is 65.1 cm³/mol. The first-order chi connectivity index (χ1) is 11.1. The van der Waals surface area contributed by atoms with Crippen LogP contribution in [-0.2, 0) is 16.8 Å². The summed E-state index contributed by atoms with van der Waals surface area (Å²) in [6, 6.07) is 0. The Morgan fingerprint density at radius 3 is 0.586 bits per heavy atom. The van der Waals surface area contributed by atoms with E-state index in [4.69, 9.17) is 19.2 Å². The first kappa shape index (κ1) is 37.9. The molecule has 0 heterocycles. The molecule has 0 amide bonds. The SMILES string of the molecule is [Co].[OH+]=C(CC(=[OH+])C(F)(F)F)C(F)(F)F.[OH+]=C(CC(=[OH+])C(F)(F)F)C(F)(F)F.[OH-].[OH-]. The second-order valence-corrected chi connectivity index (χ2v) is 4.13. The molecular weight excluding hydrogens is 503 g/mol. The Balaban J connectivity index is -0.000000120. The fraction of sp³-hybridized carbons (Fsp3) is 0.600. The van der Waals surface area contributed by atoms with E-state index in [1.165, 1.54) is 0 Å². The minimum Gasteiger partial charge on any atom is -0.870 e. The number of carbonyl (C=O) groups excluding carboxylic acids is 4. The van der Waals surface area contributed by atoms with Crippen LogP contribution in [-0.4, -0.2) is 78.0 Å². The van der Waals surface area contributed by atoms with E-state index in [1.807, 2.05) is 0 Å². The van der Waals surface area contributed by atoms with Gasteiger partial charge in [0.15, 0.2) is 12.8 Å². The smallest absolute Gasteiger partial charge is 0.505 e. The molecule has 0 aromatic heterocycles. The van der Waals surface area contributed by atoms with Crippen LogP contribution in [0.25, 0.3) is 0 Å². The zero-order chi connectivity index (χ0) is 21.7. The summed E-state index contributed by atoms with van der Waals surface area (Å²) >= 11 is 0. The summed E-state index contributed by atoms with van der Waals surface area (Å²) in [6.07, 6.45) is -24.9. The van der Waals surface area contributed by atoms with E-state index in [0.717, 1.165) is 0 Å². The third kappa shape index (κ3) is 16.9. The largest absolute Gasteiger partial charge is 0.870 e. The molecule has 0 saturated heterocycles. The molecule has 1 radical (unpaired) electrons. The van der Waals surface area contributed by atoms with Crippen molar-refractivity contribution in [2.75, 3.05) is 0 Å². The number of rotatable bonds is 4. The fourth-order valence-electron chi connectivity index (χ4n) is 0.718. The summed E-state index contributed by atoms with van der Waals surface area (Å²) in [5.41, 5.74) is 0. The van der Waals surface area contributed by atoms with Gasteiger partial charge >= 0.3 is 47.8 Å². The molecule has 0 unspecified atom stereocenters. The normalized spacial score (nSPS) is 11.4. The molecule has 6 nitrogen and oxygen atoms in total. The van der Waals surface area contributed by atoms with E-state index in [0.29, 0.717) is 0 Å². The summed E-state index contributed by atoms with van der Waals surface area (Å²) in [5.74, 6) is -9.55. The van der Waals surface area contributed by atoms with Crippen molar-refractivity contribution in [1.29, 1.82) is 0 Å². The maximum atomic E-state index is 11.4. The van der Waals surface area contributed by atoms with Crippen LogP contribution in [0.2, 0.25) is 0 Å². The van der Waals surface area contributed by atoms with E-state index in [-0.39, 0.29) is 27.7 Å². The van der Waals surface area contributed by atoms with Gasteiger partial charge in [-0.3, -0.25) is 19.2 Å². The van der Waals surface area contributed by atoms with Crippen molar-refractivity contribution in [3.8, 4) is 0 Å². The first-order valence-corrected chi connectivity index (χ1v) is 5.58. The van der Waals surface area contributed by atoms with Crippen molar-refractivity contribution < 1.29 is 99.6 Å².